The van der Waals surface area contributed by atoms with Gasteiger partial charge in [-0.05, 0) is 4.92 Å². The fourth-order valence-corrected chi connectivity index (χ4v) is 2.26. The SMILES string of the molecule is O=[N+]([O-])c1nccn1CCOCCOCCn1cc(COCCOCC[18F])nn1. The molecule has 0 N–H and O–H groups in total. The van der Waals surface area contributed by atoms with Gasteiger partial charge in [0.15, 0.2) is 0 Å². The summed E-state index contributed by atoms with van der Waals surface area (Å²) in [5, 5.41) is 18.7. The number of nitrogens with zero attached hydrogens (tertiary/aromatic N) is 6. The molecule has 2 rings (SSSR count). The third kappa shape index (κ3) is 9.04. The largest absolute Gasteiger partial charge is 0.434 e. The number of ether oxygens (including phenoxy) is 4. The number of halogens is 1. The summed E-state index contributed by atoms with van der Waals surface area (Å²) in [5.41, 5.74) is 0.687. The molecule has 2 aromatic rings. The number of rotatable bonds is 17. The lowest BCUT2D eigenvalue weighted by Crippen LogP contribution is -2.13. The van der Waals surface area contributed by atoms with E-state index in [-0.39, 0.29) is 12.6 Å². The van der Waals surface area contributed by atoms with E-state index in [2.05, 4.69) is 15.3 Å². The maximum Gasteiger partial charge on any atom is 0.434 e. The quantitative estimate of drug-likeness (QED) is 0.207. The molecular weight excluding hydrogens is 390 g/mol. The van der Waals surface area contributed by atoms with Crippen molar-refractivity contribution in [2.24, 2.45) is 0 Å². The predicted molar refractivity (Wildman–Crippen MR) is 97.0 cm³/mol. The van der Waals surface area contributed by atoms with Crippen LogP contribution in [-0.2, 0) is 38.6 Å². The lowest BCUT2D eigenvalue weighted by molar-refractivity contribution is -0.396. The molecular formula is C16H25FN6O6. The molecule has 0 unspecified atom stereocenters. The average Bonchev–Trinajstić information content (AvgIpc) is 3.36. The summed E-state index contributed by atoms with van der Waals surface area (Å²) in [6, 6.07) is 0. The van der Waals surface area contributed by atoms with Crippen molar-refractivity contribution in [3.8, 4) is 0 Å². The fraction of sp³-hybridized carbons (Fsp3) is 0.688. The maximum absolute atomic E-state index is 11.8. The second-order valence-corrected chi connectivity index (χ2v) is 5.73. The van der Waals surface area contributed by atoms with Gasteiger partial charge < -0.3 is 29.1 Å². The van der Waals surface area contributed by atoms with Gasteiger partial charge >= 0.3 is 5.95 Å². The first-order valence-electron chi connectivity index (χ1n) is 9.12. The van der Waals surface area contributed by atoms with Gasteiger partial charge in [-0.1, -0.05) is 10.2 Å². The Morgan fingerprint density at radius 2 is 1.69 bits per heavy atom. The van der Waals surface area contributed by atoms with E-state index in [0.717, 1.165) is 0 Å². The minimum Gasteiger partial charge on any atom is -0.390 e. The summed E-state index contributed by atoms with van der Waals surface area (Å²) in [5.74, 6) is -0.201. The molecule has 0 aromatic carbocycles. The number of alkyl halides is 1. The van der Waals surface area contributed by atoms with Crippen LogP contribution in [0.15, 0.2) is 18.6 Å². The predicted octanol–water partition coefficient (Wildman–Crippen LogP) is 0.619. The normalized spacial score (nSPS) is 11.2. The van der Waals surface area contributed by atoms with Gasteiger partial charge in [-0.25, -0.2) is 13.6 Å². The van der Waals surface area contributed by atoms with E-state index in [9.17, 15) is 14.5 Å². The lowest BCUT2D eigenvalue weighted by Gasteiger charge is -2.06. The molecule has 29 heavy (non-hydrogen) atoms. The van der Waals surface area contributed by atoms with E-state index < -0.39 is 11.6 Å². The molecule has 0 aliphatic rings. The van der Waals surface area contributed by atoms with Crippen molar-refractivity contribution in [2.75, 3.05) is 52.9 Å². The molecule has 13 heteroatoms. The summed E-state index contributed by atoms with van der Waals surface area (Å²) < 4.78 is 36.1. The number of aromatic nitrogens is 5. The molecule has 0 spiro atoms. The van der Waals surface area contributed by atoms with Crippen LogP contribution in [0.25, 0.3) is 0 Å². The molecule has 0 radical (unpaired) electrons. The van der Waals surface area contributed by atoms with Crippen LogP contribution in [0, 0.1) is 10.1 Å². The third-order valence-electron chi connectivity index (χ3n) is 3.60. The Hall–Kier alpha value is -2.48. The number of hydrogen-bond donors (Lipinski definition) is 0. The van der Waals surface area contributed by atoms with Gasteiger partial charge in [0.25, 0.3) is 0 Å². The highest BCUT2D eigenvalue weighted by molar-refractivity contribution is 5.06. The minimum absolute atomic E-state index is 0.0811. The summed E-state index contributed by atoms with van der Waals surface area (Å²) in [7, 11) is 0. The minimum atomic E-state index is -0.533. The molecule has 162 valence electrons. The molecule has 0 amide bonds. The molecule has 0 aliphatic heterocycles. The summed E-state index contributed by atoms with van der Waals surface area (Å²) >= 11 is 0. The van der Waals surface area contributed by atoms with E-state index >= 15 is 0 Å². The van der Waals surface area contributed by atoms with Crippen LogP contribution >= 0.6 is 0 Å². The highest BCUT2D eigenvalue weighted by Gasteiger charge is 2.13. The van der Waals surface area contributed by atoms with Crippen LogP contribution in [0.1, 0.15) is 5.69 Å². The van der Waals surface area contributed by atoms with Crippen LogP contribution in [0.4, 0.5) is 10.3 Å². The van der Waals surface area contributed by atoms with Crippen molar-refractivity contribution in [2.45, 2.75) is 19.7 Å². The van der Waals surface area contributed by atoms with Crippen molar-refractivity contribution < 1.29 is 28.3 Å². The lowest BCUT2D eigenvalue weighted by atomic mass is 10.5. The second-order valence-electron chi connectivity index (χ2n) is 5.73. The average molecular weight is 415 g/mol. The first-order valence-corrected chi connectivity index (χ1v) is 9.12. The van der Waals surface area contributed by atoms with Crippen molar-refractivity contribution in [3.05, 3.63) is 34.4 Å². The van der Waals surface area contributed by atoms with Crippen molar-refractivity contribution >= 4 is 5.95 Å². The molecule has 0 fully saturated rings. The van der Waals surface area contributed by atoms with Crippen LogP contribution in [-0.4, -0.2) is 82.4 Å². The number of hydrogen-bond acceptors (Lipinski definition) is 9. The Labute approximate surface area is 166 Å². The number of nitro groups is 1. The van der Waals surface area contributed by atoms with Crippen molar-refractivity contribution in [1.82, 2.24) is 24.5 Å². The smallest absolute Gasteiger partial charge is 0.390 e. The van der Waals surface area contributed by atoms with Crippen LogP contribution in [0.2, 0.25) is 0 Å². The van der Waals surface area contributed by atoms with Gasteiger partial charge in [0.1, 0.15) is 24.8 Å². The topological polar surface area (TPSA) is 129 Å². The monoisotopic (exact) mass is 415 g/mol. The van der Waals surface area contributed by atoms with Gasteiger partial charge in [0.2, 0.25) is 0 Å². The molecule has 0 bridgehead atoms. The first kappa shape index (κ1) is 22.8. The van der Waals surface area contributed by atoms with Crippen LogP contribution in [0.3, 0.4) is 0 Å². The van der Waals surface area contributed by atoms with Crippen molar-refractivity contribution in [1.29, 1.82) is 0 Å². The molecule has 0 saturated heterocycles. The van der Waals surface area contributed by atoms with E-state index in [1.807, 2.05) is 0 Å². The van der Waals surface area contributed by atoms with Crippen LogP contribution < -0.4 is 0 Å². The summed E-state index contributed by atoms with van der Waals surface area (Å²) in [6.07, 6.45) is 4.68. The Bertz CT molecular complexity index is 712. The van der Waals surface area contributed by atoms with Gasteiger partial charge in [0, 0.05) is 0 Å². The van der Waals surface area contributed by atoms with Gasteiger partial charge in [-0.3, -0.25) is 0 Å². The van der Waals surface area contributed by atoms with E-state index in [1.54, 1.807) is 10.9 Å². The zero-order chi connectivity index (χ0) is 20.7. The summed E-state index contributed by atoms with van der Waals surface area (Å²) in [4.78, 5) is 13.9. The third-order valence-corrected chi connectivity index (χ3v) is 3.60. The maximum atomic E-state index is 11.8. The van der Waals surface area contributed by atoms with E-state index in [1.165, 1.54) is 17.0 Å². The molecule has 2 heterocycles. The Morgan fingerprint density at radius 3 is 2.41 bits per heavy atom. The number of imidazole rings is 1. The highest BCUT2D eigenvalue weighted by Crippen LogP contribution is 2.06. The van der Waals surface area contributed by atoms with Crippen LogP contribution in [0.5, 0.6) is 0 Å². The van der Waals surface area contributed by atoms with Crippen molar-refractivity contribution in [3.63, 3.8) is 0 Å². The van der Waals surface area contributed by atoms with Gasteiger partial charge in [-0.2, -0.15) is 0 Å². The van der Waals surface area contributed by atoms with E-state index in [4.69, 9.17) is 18.9 Å². The standard InChI is InChI=1S/C16H25FN6O6/c17-1-6-26-11-12-29-14-15-13-22(20-19-15)5-8-28-10-9-27-7-4-21-3-2-18-16(21)23(24)25/h2-3,13H,1,4-12,14H2/i17-1. The molecule has 0 atom stereocenters. The molecule has 2 aromatic heterocycles. The Balaban J connectivity index is 1.46. The van der Waals surface area contributed by atoms with Gasteiger partial charge in [0.05, 0.1) is 72.1 Å². The van der Waals surface area contributed by atoms with Gasteiger partial charge in [-0.15, -0.1) is 5.10 Å². The second kappa shape index (κ2) is 13.7. The Kier molecular flexibility index (Phi) is 10.7. The van der Waals surface area contributed by atoms with E-state index in [0.29, 0.717) is 65.0 Å². The summed E-state index contributed by atoms with van der Waals surface area (Å²) in [6.45, 7) is 3.02. The fourth-order valence-electron chi connectivity index (χ4n) is 2.26. The highest BCUT2D eigenvalue weighted by atomic mass is 18.2. The molecule has 12 nitrogen and oxygen atoms in total. The molecule has 0 saturated carbocycles. The zero-order valence-electron chi connectivity index (χ0n) is 16.0. The Morgan fingerprint density at radius 1 is 1.00 bits per heavy atom. The first-order chi connectivity index (χ1) is 14.2. The molecule has 0 aliphatic carbocycles. The zero-order valence-corrected chi connectivity index (χ0v) is 16.0.